The monoisotopic (exact) mass is 423 g/mol. The number of para-hydroxylation sites is 1. The van der Waals surface area contributed by atoms with E-state index in [0.717, 1.165) is 16.7 Å². The van der Waals surface area contributed by atoms with Crippen LogP contribution in [0.1, 0.15) is 18.3 Å². The highest BCUT2D eigenvalue weighted by Gasteiger charge is 2.17. The molecular weight excluding hydrogens is 398 g/mol. The topological polar surface area (TPSA) is 103 Å². The summed E-state index contributed by atoms with van der Waals surface area (Å²) in [6.07, 6.45) is -0.204. The molecule has 162 valence electrons. The van der Waals surface area contributed by atoms with Crippen molar-refractivity contribution in [1.29, 1.82) is 0 Å². The molecule has 0 aliphatic rings. The number of nitrogens with one attached hydrogen (secondary N) is 1. The first-order valence-corrected chi connectivity index (χ1v) is 9.89. The molecule has 2 aromatic heterocycles. The zero-order valence-corrected chi connectivity index (χ0v) is 17.9. The van der Waals surface area contributed by atoms with Crippen molar-refractivity contribution in [3.63, 3.8) is 0 Å². The van der Waals surface area contributed by atoms with Gasteiger partial charge in [0.2, 0.25) is 5.95 Å². The van der Waals surface area contributed by atoms with Crippen molar-refractivity contribution in [3.8, 4) is 17.2 Å². The van der Waals surface area contributed by atoms with Crippen LogP contribution < -0.4 is 19.5 Å². The van der Waals surface area contributed by atoms with Crippen molar-refractivity contribution in [2.75, 3.05) is 26.6 Å². The Balaban J connectivity index is 1.79. The molecule has 9 nitrogen and oxygen atoms in total. The second-order valence-electron chi connectivity index (χ2n) is 7.14. The predicted octanol–water partition coefficient (Wildman–Crippen LogP) is 2.84. The smallest absolute Gasteiger partial charge is 0.226 e. The maximum atomic E-state index is 9.78. The zero-order valence-electron chi connectivity index (χ0n) is 17.9. The molecule has 0 spiro atoms. The molecule has 0 aliphatic heterocycles. The highest BCUT2D eigenvalue weighted by molar-refractivity contribution is 5.95. The minimum absolute atomic E-state index is 0.346. The molecular formula is C22H25N5O4. The highest BCUT2D eigenvalue weighted by atomic mass is 16.5. The number of nitrogens with zero attached hydrogens (tertiary/aromatic N) is 4. The summed E-state index contributed by atoms with van der Waals surface area (Å²) in [5.74, 6) is 3.11. The molecule has 0 radical (unpaired) electrons. The Bertz CT molecular complexity index is 1220. The summed E-state index contributed by atoms with van der Waals surface area (Å²) in [6, 6.07) is 11.3. The van der Waals surface area contributed by atoms with Gasteiger partial charge in [-0.3, -0.25) is 0 Å². The molecule has 4 rings (SSSR count). The molecule has 1 atom stereocenters. The average molecular weight is 423 g/mol. The van der Waals surface area contributed by atoms with Gasteiger partial charge in [0.25, 0.3) is 0 Å². The van der Waals surface area contributed by atoms with Crippen LogP contribution in [0, 0.1) is 0 Å². The van der Waals surface area contributed by atoms with E-state index in [0.29, 0.717) is 47.4 Å². The van der Waals surface area contributed by atoms with E-state index in [1.807, 2.05) is 36.4 Å². The number of aliphatic hydroxyl groups excluding tert-OH is 1. The van der Waals surface area contributed by atoms with Gasteiger partial charge >= 0.3 is 0 Å². The van der Waals surface area contributed by atoms with Crippen molar-refractivity contribution in [2.24, 2.45) is 0 Å². The summed E-state index contributed by atoms with van der Waals surface area (Å²) in [4.78, 5) is 9.41. The van der Waals surface area contributed by atoms with Gasteiger partial charge in [0, 0.05) is 30.0 Å². The lowest BCUT2D eigenvalue weighted by atomic mass is 10.2. The lowest BCUT2D eigenvalue weighted by Crippen LogP contribution is -2.10. The summed E-state index contributed by atoms with van der Waals surface area (Å²) < 4.78 is 17.9. The minimum atomic E-state index is -0.550. The second-order valence-corrected chi connectivity index (χ2v) is 7.14. The number of methoxy groups -OCH3 is 3. The fourth-order valence-electron chi connectivity index (χ4n) is 3.45. The van der Waals surface area contributed by atoms with Gasteiger partial charge < -0.3 is 24.6 Å². The van der Waals surface area contributed by atoms with Crippen LogP contribution in [0.2, 0.25) is 0 Å². The molecule has 0 aliphatic carbocycles. The van der Waals surface area contributed by atoms with E-state index in [1.54, 1.807) is 32.8 Å². The summed E-state index contributed by atoms with van der Waals surface area (Å²) in [6.45, 7) is 2.15. The Morgan fingerprint density at radius 2 is 1.84 bits per heavy atom. The zero-order chi connectivity index (χ0) is 22.0. The Morgan fingerprint density at radius 1 is 1.03 bits per heavy atom. The molecule has 4 aromatic rings. The van der Waals surface area contributed by atoms with Gasteiger partial charge in [-0.2, -0.15) is 4.52 Å². The van der Waals surface area contributed by atoms with E-state index in [4.69, 9.17) is 19.2 Å². The first kappa shape index (κ1) is 20.7. The molecule has 0 saturated carbocycles. The molecule has 9 heteroatoms. The quantitative estimate of drug-likeness (QED) is 0.446. The summed E-state index contributed by atoms with van der Waals surface area (Å²) in [5.41, 5.74) is 2.25. The van der Waals surface area contributed by atoms with Crippen molar-refractivity contribution >= 4 is 22.5 Å². The van der Waals surface area contributed by atoms with Crippen LogP contribution in [0.15, 0.2) is 36.4 Å². The maximum Gasteiger partial charge on any atom is 0.226 e. The number of fused-ring (bicyclic) bond motifs is 3. The van der Waals surface area contributed by atoms with Crippen molar-refractivity contribution in [3.05, 3.63) is 47.8 Å². The standard InChI is InChI=1S/C22H25N5O4/c1-13(28)10-19-24-21-16-6-5-7-17(30-3)20(16)25-22(27(21)26-19)23-12-14-8-9-15(29-2)11-18(14)31-4/h5-9,11,13,28H,10,12H2,1-4H3,(H,23,25)/t13-/m0/s1. The summed E-state index contributed by atoms with van der Waals surface area (Å²) in [5, 5.41) is 18.5. The van der Waals surface area contributed by atoms with Crippen LogP contribution in [0.25, 0.3) is 16.6 Å². The molecule has 0 saturated heterocycles. The second kappa shape index (κ2) is 8.65. The normalized spacial score (nSPS) is 12.2. The van der Waals surface area contributed by atoms with E-state index >= 15 is 0 Å². The Hall–Kier alpha value is -3.59. The van der Waals surface area contributed by atoms with E-state index in [-0.39, 0.29) is 0 Å². The number of hydrogen-bond acceptors (Lipinski definition) is 8. The van der Waals surface area contributed by atoms with Gasteiger partial charge in [-0.1, -0.05) is 6.07 Å². The number of anilines is 1. The lowest BCUT2D eigenvalue weighted by Gasteiger charge is -2.13. The van der Waals surface area contributed by atoms with Gasteiger partial charge in [-0.25, -0.2) is 9.97 Å². The molecule has 2 heterocycles. The molecule has 0 unspecified atom stereocenters. The Labute approximate surface area is 179 Å². The van der Waals surface area contributed by atoms with Crippen molar-refractivity contribution < 1.29 is 19.3 Å². The lowest BCUT2D eigenvalue weighted by molar-refractivity contribution is 0.193. The molecule has 0 bridgehead atoms. The van der Waals surface area contributed by atoms with Crippen LogP contribution >= 0.6 is 0 Å². The Morgan fingerprint density at radius 3 is 2.55 bits per heavy atom. The molecule has 0 amide bonds. The minimum Gasteiger partial charge on any atom is -0.497 e. The van der Waals surface area contributed by atoms with Gasteiger partial charge in [0.15, 0.2) is 11.5 Å². The number of aliphatic hydroxyl groups is 1. The first-order chi connectivity index (χ1) is 15.0. The van der Waals surface area contributed by atoms with Gasteiger partial charge in [-0.05, 0) is 31.2 Å². The molecule has 0 fully saturated rings. The van der Waals surface area contributed by atoms with Gasteiger partial charge in [0.05, 0.1) is 27.4 Å². The highest BCUT2D eigenvalue weighted by Crippen LogP contribution is 2.29. The van der Waals surface area contributed by atoms with Crippen molar-refractivity contribution in [1.82, 2.24) is 19.6 Å². The first-order valence-electron chi connectivity index (χ1n) is 9.89. The summed E-state index contributed by atoms with van der Waals surface area (Å²) in [7, 11) is 4.85. The number of ether oxygens (including phenoxy) is 3. The van der Waals surface area contributed by atoms with Crippen molar-refractivity contribution in [2.45, 2.75) is 26.0 Å². The number of rotatable bonds is 8. The van der Waals surface area contributed by atoms with Crippen LogP contribution in [-0.4, -0.2) is 52.1 Å². The van der Waals surface area contributed by atoms with Gasteiger partial charge in [0.1, 0.15) is 22.8 Å². The summed E-state index contributed by atoms with van der Waals surface area (Å²) >= 11 is 0. The predicted molar refractivity (Wildman–Crippen MR) is 117 cm³/mol. The van der Waals surface area contributed by atoms with Crippen LogP contribution in [0.3, 0.4) is 0 Å². The number of hydrogen-bond donors (Lipinski definition) is 2. The molecule has 2 N–H and O–H groups in total. The number of benzene rings is 2. The fourth-order valence-corrected chi connectivity index (χ4v) is 3.45. The van der Waals surface area contributed by atoms with E-state index in [2.05, 4.69) is 15.4 Å². The Kier molecular flexibility index (Phi) is 5.77. The third-order valence-corrected chi connectivity index (χ3v) is 4.94. The van der Waals surface area contributed by atoms with E-state index in [1.165, 1.54) is 0 Å². The largest absolute Gasteiger partial charge is 0.497 e. The molecule has 31 heavy (non-hydrogen) atoms. The molecule has 2 aromatic carbocycles. The van der Waals surface area contributed by atoms with Gasteiger partial charge in [-0.15, -0.1) is 5.10 Å². The number of aromatic nitrogens is 4. The average Bonchev–Trinajstić information content (AvgIpc) is 3.20. The maximum absolute atomic E-state index is 9.78. The van der Waals surface area contributed by atoms with Crippen LogP contribution in [0.5, 0.6) is 17.2 Å². The van der Waals surface area contributed by atoms with E-state index < -0.39 is 6.10 Å². The SMILES string of the molecule is COc1ccc(CNc2nc3c(OC)cccc3c3nc(C[C@H](C)O)nn23)c(OC)c1. The van der Waals surface area contributed by atoms with Crippen LogP contribution in [0.4, 0.5) is 5.95 Å². The fraction of sp³-hybridized carbons (Fsp3) is 0.318. The van der Waals surface area contributed by atoms with E-state index in [9.17, 15) is 5.11 Å². The van der Waals surface area contributed by atoms with Crippen LogP contribution in [-0.2, 0) is 13.0 Å². The third-order valence-electron chi connectivity index (χ3n) is 4.94. The third kappa shape index (κ3) is 4.04.